The van der Waals surface area contributed by atoms with Crippen LogP contribution in [0.5, 0.6) is 5.75 Å². The third-order valence-corrected chi connectivity index (χ3v) is 3.26. The van der Waals surface area contributed by atoms with Gasteiger partial charge in [0.2, 0.25) is 0 Å². The Morgan fingerprint density at radius 1 is 1.37 bits per heavy atom. The molecule has 108 valence electrons. The van der Waals surface area contributed by atoms with E-state index < -0.39 is 0 Å². The average Bonchev–Trinajstić information content (AvgIpc) is 2.40. The van der Waals surface area contributed by atoms with Crippen molar-refractivity contribution >= 4 is 5.69 Å². The van der Waals surface area contributed by atoms with Crippen LogP contribution in [0.3, 0.4) is 0 Å². The maximum Gasteiger partial charge on any atom is 0.167 e. The molecule has 0 saturated carbocycles. The molecule has 0 radical (unpaired) electrons. The quantitative estimate of drug-likeness (QED) is 0.784. The molecule has 1 N–H and O–H groups in total. The highest BCUT2D eigenvalue weighted by molar-refractivity contribution is 5.49. The van der Waals surface area contributed by atoms with Gasteiger partial charge in [-0.25, -0.2) is 4.39 Å². The lowest BCUT2D eigenvalue weighted by Crippen LogP contribution is -2.31. The predicted octanol–water partition coefficient (Wildman–Crippen LogP) is 2.91. The minimum atomic E-state index is -0.298. The molecular weight excluding hydrogens is 243 g/mol. The number of benzene rings is 1. The molecule has 0 aromatic heterocycles. The normalized spacial score (nSPS) is 12.3. The Bertz CT molecular complexity index is 384. The first-order valence-electron chi connectivity index (χ1n) is 6.90. The Labute approximate surface area is 115 Å². The molecule has 1 aromatic rings. The van der Waals surface area contributed by atoms with Crippen LogP contribution in [0.4, 0.5) is 10.1 Å². The topological polar surface area (TPSA) is 24.5 Å². The number of rotatable bonds is 8. The number of hydrogen-bond acceptors (Lipinski definition) is 3. The molecule has 0 fully saturated rings. The molecule has 0 heterocycles. The molecule has 1 aromatic carbocycles. The summed E-state index contributed by atoms with van der Waals surface area (Å²) in [5, 5.41) is 3.19. The van der Waals surface area contributed by atoms with E-state index in [0.29, 0.717) is 18.3 Å². The van der Waals surface area contributed by atoms with Crippen LogP contribution in [0, 0.1) is 11.7 Å². The van der Waals surface area contributed by atoms with E-state index >= 15 is 0 Å². The van der Waals surface area contributed by atoms with Gasteiger partial charge in [-0.1, -0.05) is 13.3 Å². The largest absolute Gasteiger partial charge is 0.491 e. The van der Waals surface area contributed by atoms with Crippen molar-refractivity contribution in [3.05, 3.63) is 24.0 Å². The van der Waals surface area contributed by atoms with Crippen molar-refractivity contribution in [2.24, 2.45) is 5.92 Å². The van der Waals surface area contributed by atoms with Gasteiger partial charge in [0, 0.05) is 25.3 Å². The molecule has 0 aliphatic heterocycles. The van der Waals surface area contributed by atoms with Crippen molar-refractivity contribution in [2.45, 2.75) is 20.3 Å². The van der Waals surface area contributed by atoms with E-state index in [1.54, 1.807) is 6.07 Å². The van der Waals surface area contributed by atoms with Crippen molar-refractivity contribution in [2.75, 3.05) is 38.7 Å². The van der Waals surface area contributed by atoms with E-state index in [9.17, 15) is 4.39 Å². The van der Waals surface area contributed by atoms with E-state index in [1.807, 2.05) is 27.1 Å². The third kappa shape index (κ3) is 4.71. The zero-order valence-corrected chi connectivity index (χ0v) is 12.4. The summed E-state index contributed by atoms with van der Waals surface area (Å²) in [6.45, 7) is 6.38. The Balaban J connectivity index is 2.71. The molecule has 1 rings (SSSR count). The number of anilines is 1. The van der Waals surface area contributed by atoms with Crippen LogP contribution in [0.1, 0.15) is 20.3 Å². The second-order valence-electron chi connectivity index (χ2n) is 4.76. The van der Waals surface area contributed by atoms with Crippen LogP contribution in [0.25, 0.3) is 0 Å². The number of hydrogen-bond donors (Lipinski definition) is 1. The van der Waals surface area contributed by atoms with Crippen molar-refractivity contribution in [3.63, 3.8) is 0 Å². The van der Waals surface area contributed by atoms with Gasteiger partial charge in [0.15, 0.2) is 11.6 Å². The van der Waals surface area contributed by atoms with Crippen LogP contribution in [0.2, 0.25) is 0 Å². The SMILES string of the molecule is CCOc1ccc(N(C)CC(CC)CNC)cc1F. The van der Waals surface area contributed by atoms with E-state index in [-0.39, 0.29) is 5.82 Å². The van der Waals surface area contributed by atoms with Crippen LogP contribution in [-0.4, -0.2) is 33.8 Å². The van der Waals surface area contributed by atoms with Gasteiger partial charge in [0.25, 0.3) is 0 Å². The molecule has 4 heteroatoms. The molecule has 0 amide bonds. The highest BCUT2D eigenvalue weighted by Crippen LogP contribution is 2.23. The highest BCUT2D eigenvalue weighted by Gasteiger charge is 2.11. The zero-order valence-electron chi connectivity index (χ0n) is 12.4. The van der Waals surface area contributed by atoms with Crippen LogP contribution < -0.4 is 15.0 Å². The summed E-state index contributed by atoms with van der Waals surface area (Å²) in [5.74, 6) is 0.583. The summed E-state index contributed by atoms with van der Waals surface area (Å²) in [4.78, 5) is 2.09. The summed E-state index contributed by atoms with van der Waals surface area (Å²) in [6, 6.07) is 5.14. The molecule has 0 spiro atoms. The first kappa shape index (κ1) is 15.8. The van der Waals surface area contributed by atoms with Crippen molar-refractivity contribution in [1.82, 2.24) is 5.32 Å². The lowest BCUT2D eigenvalue weighted by molar-refractivity contribution is 0.321. The number of nitrogens with zero attached hydrogens (tertiary/aromatic N) is 1. The minimum absolute atomic E-state index is 0.298. The summed E-state index contributed by atoms with van der Waals surface area (Å²) < 4.78 is 19.0. The van der Waals surface area contributed by atoms with Crippen molar-refractivity contribution in [3.8, 4) is 5.75 Å². The van der Waals surface area contributed by atoms with Gasteiger partial charge in [0.05, 0.1) is 6.61 Å². The first-order valence-corrected chi connectivity index (χ1v) is 6.90. The Hall–Kier alpha value is -1.29. The van der Waals surface area contributed by atoms with E-state index in [0.717, 1.165) is 25.2 Å². The van der Waals surface area contributed by atoms with E-state index in [4.69, 9.17) is 4.74 Å². The Morgan fingerprint density at radius 2 is 2.11 bits per heavy atom. The Kier molecular flexibility index (Phi) is 6.64. The van der Waals surface area contributed by atoms with Gasteiger partial charge < -0.3 is 15.0 Å². The zero-order chi connectivity index (χ0) is 14.3. The van der Waals surface area contributed by atoms with Gasteiger partial charge in [-0.05, 0) is 38.6 Å². The number of nitrogens with one attached hydrogen (secondary N) is 1. The standard InChI is InChI=1S/C15H25FN2O/c1-5-12(10-17-3)11-18(4)13-7-8-15(19-6-2)14(16)9-13/h7-9,12,17H,5-6,10-11H2,1-4H3. The smallest absolute Gasteiger partial charge is 0.167 e. The third-order valence-electron chi connectivity index (χ3n) is 3.26. The maximum absolute atomic E-state index is 13.8. The maximum atomic E-state index is 13.8. The fraction of sp³-hybridized carbons (Fsp3) is 0.600. The van der Waals surface area contributed by atoms with Crippen LogP contribution >= 0.6 is 0 Å². The number of ether oxygens (including phenoxy) is 1. The van der Waals surface area contributed by atoms with Gasteiger partial charge in [-0.15, -0.1) is 0 Å². The van der Waals surface area contributed by atoms with Crippen molar-refractivity contribution < 1.29 is 9.13 Å². The molecule has 0 aliphatic carbocycles. The first-order chi connectivity index (χ1) is 9.12. The monoisotopic (exact) mass is 268 g/mol. The van der Waals surface area contributed by atoms with Gasteiger partial charge in [-0.2, -0.15) is 0 Å². The van der Waals surface area contributed by atoms with Crippen LogP contribution in [0.15, 0.2) is 18.2 Å². The van der Waals surface area contributed by atoms with Crippen LogP contribution in [-0.2, 0) is 0 Å². The number of halogens is 1. The Morgan fingerprint density at radius 3 is 2.63 bits per heavy atom. The fourth-order valence-electron chi connectivity index (χ4n) is 2.12. The molecule has 1 atom stereocenters. The molecule has 3 nitrogen and oxygen atoms in total. The minimum Gasteiger partial charge on any atom is -0.491 e. The fourth-order valence-corrected chi connectivity index (χ4v) is 2.12. The molecule has 1 unspecified atom stereocenters. The summed E-state index contributed by atoms with van der Waals surface area (Å²) in [7, 11) is 3.95. The molecule has 0 bridgehead atoms. The average molecular weight is 268 g/mol. The summed E-state index contributed by atoms with van der Waals surface area (Å²) in [6.07, 6.45) is 1.10. The van der Waals surface area contributed by atoms with Gasteiger partial charge in [-0.3, -0.25) is 0 Å². The molecule has 0 saturated heterocycles. The summed E-state index contributed by atoms with van der Waals surface area (Å²) in [5.41, 5.74) is 0.885. The molecular formula is C15H25FN2O. The lowest BCUT2D eigenvalue weighted by atomic mass is 10.1. The van der Waals surface area contributed by atoms with E-state index in [2.05, 4.69) is 17.1 Å². The molecule has 19 heavy (non-hydrogen) atoms. The second-order valence-corrected chi connectivity index (χ2v) is 4.76. The van der Waals surface area contributed by atoms with E-state index in [1.165, 1.54) is 6.07 Å². The predicted molar refractivity (Wildman–Crippen MR) is 78.5 cm³/mol. The van der Waals surface area contributed by atoms with Gasteiger partial charge in [0.1, 0.15) is 0 Å². The van der Waals surface area contributed by atoms with Crippen molar-refractivity contribution in [1.29, 1.82) is 0 Å². The lowest BCUT2D eigenvalue weighted by Gasteiger charge is -2.25. The molecule has 0 aliphatic rings. The highest BCUT2D eigenvalue weighted by atomic mass is 19.1. The van der Waals surface area contributed by atoms with Gasteiger partial charge >= 0.3 is 0 Å². The second kappa shape index (κ2) is 8.00. The summed E-state index contributed by atoms with van der Waals surface area (Å²) >= 11 is 0.